The Bertz CT molecular complexity index is 526. The summed E-state index contributed by atoms with van der Waals surface area (Å²) < 4.78 is 5.32. The number of benzene rings is 1. The molecular formula is C13H15N3O. The standard InChI is InChI=1S/C13H15N3O/c1-9-15-10(8-14)7-12(16-9)11-5-3-4-6-13(11)17-2/h3-7H,8,14H2,1-2H3. The Kier molecular flexibility index (Phi) is 3.35. The fraction of sp³-hybridized carbons (Fsp3) is 0.231. The van der Waals surface area contributed by atoms with Crippen LogP contribution in [0.2, 0.25) is 0 Å². The van der Waals surface area contributed by atoms with Gasteiger partial charge >= 0.3 is 0 Å². The highest BCUT2D eigenvalue weighted by Crippen LogP contribution is 2.28. The molecule has 2 aromatic rings. The number of nitrogens with two attached hydrogens (primary N) is 1. The molecule has 1 heterocycles. The number of aromatic nitrogens is 2. The van der Waals surface area contributed by atoms with Gasteiger partial charge < -0.3 is 10.5 Å². The molecule has 0 radical (unpaired) electrons. The van der Waals surface area contributed by atoms with Gasteiger partial charge in [0.15, 0.2) is 0 Å². The Balaban J connectivity index is 2.55. The lowest BCUT2D eigenvalue weighted by Crippen LogP contribution is -2.03. The van der Waals surface area contributed by atoms with E-state index in [-0.39, 0.29) is 0 Å². The van der Waals surface area contributed by atoms with Crippen molar-refractivity contribution in [2.45, 2.75) is 13.5 Å². The van der Waals surface area contributed by atoms with E-state index in [4.69, 9.17) is 10.5 Å². The van der Waals surface area contributed by atoms with E-state index in [1.54, 1.807) is 7.11 Å². The van der Waals surface area contributed by atoms with Crippen LogP contribution in [0, 0.1) is 6.92 Å². The van der Waals surface area contributed by atoms with Gasteiger partial charge in [-0.3, -0.25) is 0 Å². The van der Waals surface area contributed by atoms with E-state index in [0.717, 1.165) is 22.7 Å². The zero-order chi connectivity index (χ0) is 12.3. The Morgan fingerprint density at radius 2 is 2.00 bits per heavy atom. The molecule has 0 saturated heterocycles. The molecule has 1 aromatic heterocycles. The van der Waals surface area contributed by atoms with Crippen molar-refractivity contribution in [3.63, 3.8) is 0 Å². The second-order valence-corrected chi connectivity index (χ2v) is 3.70. The Morgan fingerprint density at radius 3 is 2.71 bits per heavy atom. The molecule has 0 bridgehead atoms. The van der Waals surface area contributed by atoms with Gasteiger partial charge in [-0.25, -0.2) is 9.97 Å². The summed E-state index contributed by atoms with van der Waals surface area (Å²) >= 11 is 0. The zero-order valence-electron chi connectivity index (χ0n) is 9.97. The molecule has 4 nitrogen and oxygen atoms in total. The van der Waals surface area contributed by atoms with Crippen LogP contribution in [0.5, 0.6) is 5.75 Å². The van der Waals surface area contributed by atoms with Crippen LogP contribution >= 0.6 is 0 Å². The number of hydrogen-bond acceptors (Lipinski definition) is 4. The number of nitrogens with zero attached hydrogens (tertiary/aromatic N) is 2. The molecule has 0 aliphatic carbocycles. The molecule has 2 rings (SSSR count). The molecule has 2 N–H and O–H groups in total. The Labute approximate surface area is 100 Å². The highest BCUT2D eigenvalue weighted by molar-refractivity contribution is 5.67. The summed E-state index contributed by atoms with van der Waals surface area (Å²) in [5.74, 6) is 1.52. The molecule has 17 heavy (non-hydrogen) atoms. The summed E-state index contributed by atoms with van der Waals surface area (Å²) in [6, 6.07) is 9.66. The quantitative estimate of drug-likeness (QED) is 0.873. The van der Waals surface area contributed by atoms with Gasteiger partial charge in [0.2, 0.25) is 0 Å². The largest absolute Gasteiger partial charge is 0.496 e. The van der Waals surface area contributed by atoms with Crippen molar-refractivity contribution in [1.29, 1.82) is 0 Å². The second-order valence-electron chi connectivity index (χ2n) is 3.70. The van der Waals surface area contributed by atoms with Crippen molar-refractivity contribution in [3.05, 3.63) is 41.9 Å². The van der Waals surface area contributed by atoms with Crippen LogP contribution < -0.4 is 10.5 Å². The van der Waals surface area contributed by atoms with E-state index in [0.29, 0.717) is 12.4 Å². The highest BCUT2D eigenvalue weighted by atomic mass is 16.5. The van der Waals surface area contributed by atoms with E-state index < -0.39 is 0 Å². The first-order valence-electron chi connectivity index (χ1n) is 5.42. The fourth-order valence-corrected chi connectivity index (χ4v) is 1.73. The molecular weight excluding hydrogens is 214 g/mol. The lowest BCUT2D eigenvalue weighted by atomic mass is 10.1. The lowest BCUT2D eigenvalue weighted by Gasteiger charge is -2.09. The molecule has 0 fully saturated rings. The third-order valence-corrected chi connectivity index (χ3v) is 2.48. The van der Waals surface area contributed by atoms with Crippen LogP contribution in [0.4, 0.5) is 0 Å². The van der Waals surface area contributed by atoms with Gasteiger partial charge in [0.1, 0.15) is 11.6 Å². The lowest BCUT2D eigenvalue weighted by molar-refractivity contribution is 0.416. The van der Waals surface area contributed by atoms with E-state index in [9.17, 15) is 0 Å². The van der Waals surface area contributed by atoms with Crippen LogP contribution in [0.1, 0.15) is 11.5 Å². The summed E-state index contributed by atoms with van der Waals surface area (Å²) in [6.45, 7) is 2.27. The predicted octanol–water partition coefficient (Wildman–Crippen LogP) is 1.92. The summed E-state index contributed by atoms with van der Waals surface area (Å²) in [4.78, 5) is 8.67. The third kappa shape index (κ3) is 2.42. The van der Waals surface area contributed by atoms with Crippen molar-refractivity contribution in [1.82, 2.24) is 9.97 Å². The molecule has 0 amide bonds. The van der Waals surface area contributed by atoms with Gasteiger partial charge in [-0.05, 0) is 25.1 Å². The van der Waals surface area contributed by atoms with Crippen molar-refractivity contribution < 1.29 is 4.74 Å². The van der Waals surface area contributed by atoms with Gasteiger partial charge in [-0.1, -0.05) is 12.1 Å². The van der Waals surface area contributed by atoms with Crippen molar-refractivity contribution in [2.75, 3.05) is 7.11 Å². The zero-order valence-corrected chi connectivity index (χ0v) is 9.97. The second kappa shape index (κ2) is 4.93. The van der Waals surface area contributed by atoms with Gasteiger partial charge in [0.05, 0.1) is 18.5 Å². The van der Waals surface area contributed by atoms with Crippen molar-refractivity contribution >= 4 is 0 Å². The van der Waals surface area contributed by atoms with Gasteiger partial charge in [-0.15, -0.1) is 0 Å². The van der Waals surface area contributed by atoms with E-state index in [1.165, 1.54) is 0 Å². The Hall–Kier alpha value is -1.94. The number of ether oxygens (including phenoxy) is 1. The molecule has 0 saturated carbocycles. The van der Waals surface area contributed by atoms with E-state index >= 15 is 0 Å². The maximum absolute atomic E-state index is 5.61. The van der Waals surface area contributed by atoms with Crippen LogP contribution in [-0.4, -0.2) is 17.1 Å². The predicted molar refractivity (Wildman–Crippen MR) is 66.6 cm³/mol. The van der Waals surface area contributed by atoms with Crippen molar-refractivity contribution in [2.24, 2.45) is 5.73 Å². The number of para-hydroxylation sites is 1. The number of hydrogen-bond donors (Lipinski definition) is 1. The third-order valence-electron chi connectivity index (χ3n) is 2.48. The molecule has 88 valence electrons. The fourth-order valence-electron chi connectivity index (χ4n) is 1.73. The minimum Gasteiger partial charge on any atom is -0.496 e. The molecule has 1 aromatic carbocycles. The number of rotatable bonds is 3. The average molecular weight is 229 g/mol. The van der Waals surface area contributed by atoms with Crippen LogP contribution in [0.15, 0.2) is 30.3 Å². The topological polar surface area (TPSA) is 61.0 Å². The minimum atomic E-state index is 0.408. The summed E-state index contributed by atoms with van der Waals surface area (Å²) in [5.41, 5.74) is 8.24. The molecule has 0 atom stereocenters. The normalized spacial score (nSPS) is 10.3. The number of methoxy groups -OCH3 is 1. The van der Waals surface area contributed by atoms with Crippen molar-refractivity contribution in [3.8, 4) is 17.0 Å². The monoisotopic (exact) mass is 229 g/mol. The molecule has 0 unspecified atom stereocenters. The van der Waals surface area contributed by atoms with Gasteiger partial charge in [0.25, 0.3) is 0 Å². The van der Waals surface area contributed by atoms with Crippen LogP contribution in [-0.2, 0) is 6.54 Å². The maximum Gasteiger partial charge on any atom is 0.128 e. The van der Waals surface area contributed by atoms with E-state index in [2.05, 4.69) is 9.97 Å². The maximum atomic E-state index is 5.61. The molecule has 0 aliphatic rings. The summed E-state index contributed by atoms with van der Waals surface area (Å²) in [5, 5.41) is 0. The first kappa shape index (κ1) is 11.5. The van der Waals surface area contributed by atoms with Gasteiger partial charge in [-0.2, -0.15) is 0 Å². The van der Waals surface area contributed by atoms with Crippen LogP contribution in [0.25, 0.3) is 11.3 Å². The molecule has 0 spiro atoms. The van der Waals surface area contributed by atoms with Gasteiger partial charge in [0, 0.05) is 12.1 Å². The first-order valence-corrected chi connectivity index (χ1v) is 5.42. The number of aryl methyl sites for hydroxylation is 1. The molecule has 4 heteroatoms. The molecule has 0 aliphatic heterocycles. The SMILES string of the molecule is COc1ccccc1-c1cc(CN)nc(C)n1. The summed E-state index contributed by atoms with van der Waals surface area (Å²) in [7, 11) is 1.65. The Morgan fingerprint density at radius 1 is 1.24 bits per heavy atom. The van der Waals surface area contributed by atoms with Crippen LogP contribution in [0.3, 0.4) is 0 Å². The first-order chi connectivity index (χ1) is 8.24. The average Bonchev–Trinajstić information content (AvgIpc) is 2.37. The highest BCUT2D eigenvalue weighted by Gasteiger charge is 2.08. The minimum absolute atomic E-state index is 0.408. The van der Waals surface area contributed by atoms with E-state index in [1.807, 2.05) is 37.3 Å². The summed E-state index contributed by atoms with van der Waals surface area (Å²) in [6.07, 6.45) is 0. The smallest absolute Gasteiger partial charge is 0.128 e.